The molecule has 0 radical (unpaired) electrons. The van der Waals surface area contributed by atoms with Gasteiger partial charge in [-0.1, -0.05) is 12.1 Å². The second-order valence-corrected chi connectivity index (χ2v) is 7.22. The van der Waals surface area contributed by atoms with Gasteiger partial charge in [-0.25, -0.2) is 4.98 Å². The van der Waals surface area contributed by atoms with Gasteiger partial charge in [0, 0.05) is 35.5 Å². The maximum atomic E-state index is 12.4. The van der Waals surface area contributed by atoms with Crippen molar-refractivity contribution in [3.63, 3.8) is 0 Å². The van der Waals surface area contributed by atoms with E-state index in [9.17, 15) is 9.59 Å². The van der Waals surface area contributed by atoms with Crippen LogP contribution >= 0.6 is 11.3 Å². The molecule has 0 aliphatic carbocycles. The lowest BCUT2D eigenvalue weighted by Gasteiger charge is -2.26. The Morgan fingerprint density at radius 3 is 2.68 bits per heavy atom. The number of anilines is 2. The molecule has 7 heteroatoms. The van der Waals surface area contributed by atoms with Crippen molar-refractivity contribution in [2.24, 2.45) is 5.92 Å². The van der Waals surface area contributed by atoms with Gasteiger partial charge in [-0.2, -0.15) is 0 Å². The lowest BCUT2D eigenvalue weighted by atomic mass is 9.92. The molecule has 1 aromatic heterocycles. The Kier molecular flexibility index (Phi) is 5.45. The average molecular weight is 358 g/mol. The number of nitrogens with one attached hydrogen (secondary N) is 3. The van der Waals surface area contributed by atoms with Crippen LogP contribution in [-0.2, 0) is 9.59 Å². The Hall–Kier alpha value is -2.25. The molecule has 1 saturated heterocycles. The molecular formula is C18H22N4O2S. The molecule has 1 fully saturated rings. The van der Waals surface area contributed by atoms with Crippen LogP contribution in [-0.4, -0.2) is 29.4 Å². The number of hydrogen-bond acceptors (Lipinski definition) is 5. The van der Waals surface area contributed by atoms with Crippen molar-refractivity contribution in [2.75, 3.05) is 17.2 Å². The highest BCUT2D eigenvalue weighted by Crippen LogP contribution is 2.27. The van der Waals surface area contributed by atoms with E-state index < -0.39 is 0 Å². The number of hydrogen-bond donors (Lipinski definition) is 3. The lowest BCUT2D eigenvalue weighted by molar-refractivity contribution is -0.121. The van der Waals surface area contributed by atoms with E-state index in [1.807, 2.05) is 29.6 Å². The summed E-state index contributed by atoms with van der Waals surface area (Å²) >= 11 is 1.42. The smallest absolute Gasteiger partial charge is 0.229 e. The molecule has 6 nitrogen and oxygen atoms in total. The minimum atomic E-state index is -0.0985. The lowest BCUT2D eigenvalue weighted by Crippen LogP contribution is -2.40. The highest BCUT2D eigenvalue weighted by atomic mass is 32.1. The van der Waals surface area contributed by atoms with E-state index in [-0.39, 0.29) is 17.7 Å². The first-order valence-electron chi connectivity index (χ1n) is 8.39. The zero-order chi connectivity index (χ0) is 17.8. The summed E-state index contributed by atoms with van der Waals surface area (Å²) in [5.41, 5.74) is 2.51. The summed E-state index contributed by atoms with van der Waals surface area (Å²) < 4.78 is 0. The summed E-state index contributed by atoms with van der Waals surface area (Å²) in [6.07, 6.45) is 1.72. The Labute approximate surface area is 151 Å². The SMILES string of the molecule is CC(=O)Nc1ccc(-c2csc(NC(=O)[C@H]3CCN[C@@H](C)C3)n2)cc1. The fourth-order valence-electron chi connectivity index (χ4n) is 2.97. The highest BCUT2D eigenvalue weighted by molar-refractivity contribution is 7.14. The molecule has 1 aliphatic heterocycles. The standard InChI is InChI=1S/C18H22N4O2S/c1-11-9-14(7-8-19-11)17(24)22-18-21-16(10-25-18)13-3-5-15(6-4-13)20-12(2)23/h3-6,10-11,14,19H,7-9H2,1-2H3,(H,20,23)(H,21,22,24)/t11-,14-/m0/s1. The molecule has 3 rings (SSSR count). The highest BCUT2D eigenvalue weighted by Gasteiger charge is 2.25. The maximum Gasteiger partial charge on any atom is 0.229 e. The largest absolute Gasteiger partial charge is 0.326 e. The van der Waals surface area contributed by atoms with Gasteiger partial charge in [-0.15, -0.1) is 11.3 Å². The molecule has 1 aliphatic rings. The van der Waals surface area contributed by atoms with Gasteiger partial charge in [0.15, 0.2) is 5.13 Å². The van der Waals surface area contributed by atoms with Gasteiger partial charge in [0.1, 0.15) is 0 Å². The predicted octanol–water partition coefficient (Wildman–Crippen LogP) is 3.10. The van der Waals surface area contributed by atoms with Crippen LogP contribution in [0.1, 0.15) is 26.7 Å². The fraction of sp³-hybridized carbons (Fsp3) is 0.389. The molecule has 0 saturated carbocycles. The van der Waals surface area contributed by atoms with Crippen LogP contribution in [0.4, 0.5) is 10.8 Å². The number of carbonyl (C=O) groups excluding carboxylic acids is 2. The first-order chi connectivity index (χ1) is 12.0. The van der Waals surface area contributed by atoms with Crippen LogP contribution in [0.5, 0.6) is 0 Å². The number of piperidine rings is 1. The van der Waals surface area contributed by atoms with Crippen LogP contribution in [0, 0.1) is 5.92 Å². The van der Waals surface area contributed by atoms with Crippen LogP contribution < -0.4 is 16.0 Å². The van der Waals surface area contributed by atoms with Gasteiger partial charge in [0.2, 0.25) is 11.8 Å². The van der Waals surface area contributed by atoms with E-state index >= 15 is 0 Å². The minimum absolute atomic E-state index is 0.0422. The van der Waals surface area contributed by atoms with Gasteiger partial charge < -0.3 is 16.0 Å². The molecule has 0 spiro atoms. The first-order valence-corrected chi connectivity index (χ1v) is 9.27. The van der Waals surface area contributed by atoms with Crippen molar-refractivity contribution < 1.29 is 9.59 Å². The third-order valence-electron chi connectivity index (χ3n) is 4.23. The van der Waals surface area contributed by atoms with Crippen molar-refractivity contribution in [2.45, 2.75) is 32.7 Å². The molecule has 2 aromatic rings. The zero-order valence-corrected chi connectivity index (χ0v) is 15.2. The summed E-state index contributed by atoms with van der Waals surface area (Å²) in [6, 6.07) is 7.86. The molecule has 1 aromatic carbocycles. The van der Waals surface area contributed by atoms with Crippen LogP contribution in [0.3, 0.4) is 0 Å². The molecule has 2 amide bonds. The van der Waals surface area contributed by atoms with E-state index in [1.165, 1.54) is 18.3 Å². The van der Waals surface area contributed by atoms with Gasteiger partial charge in [-0.3, -0.25) is 9.59 Å². The van der Waals surface area contributed by atoms with E-state index in [0.717, 1.165) is 36.3 Å². The van der Waals surface area contributed by atoms with Crippen LogP contribution in [0.25, 0.3) is 11.3 Å². The van der Waals surface area contributed by atoms with Gasteiger partial charge in [0.25, 0.3) is 0 Å². The Morgan fingerprint density at radius 1 is 1.24 bits per heavy atom. The van der Waals surface area contributed by atoms with Gasteiger partial charge in [-0.05, 0) is 38.4 Å². The predicted molar refractivity (Wildman–Crippen MR) is 101 cm³/mol. The van der Waals surface area contributed by atoms with Crippen molar-refractivity contribution in [1.82, 2.24) is 10.3 Å². The molecule has 3 N–H and O–H groups in total. The van der Waals surface area contributed by atoms with Gasteiger partial charge >= 0.3 is 0 Å². The molecule has 2 heterocycles. The first kappa shape index (κ1) is 17.6. The summed E-state index contributed by atoms with van der Waals surface area (Å²) in [6.45, 7) is 4.46. The van der Waals surface area contributed by atoms with Crippen LogP contribution in [0.2, 0.25) is 0 Å². The Morgan fingerprint density at radius 2 is 2.00 bits per heavy atom. The van der Waals surface area contributed by atoms with Crippen molar-refractivity contribution in [3.8, 4) is 11.3 Å². The number of amides is 2. The quantitative estimate of drug-likeness (QED) is 0.784. The molecular weight excluding hydrogens is 336 g/mol. The van der Waals surface area contributed by atoms with Crippen molar-refractivity contribution >= 4 is 34.0 Å². The topological polar surface area (TPSA) is 83.1 Å². The molecule has 0 bridgehead atoms. The van der Waals surface area contributed by atoms with E-state index in [2.05, 4.69) is 27.9 Å². The van der Waals surface area contributed by atoms with Gasteiger partial charge in [0.05, 0.1) is 5.69 Å². The maximum absolute atomic E-state index is 12.4. The monoisotopic (exact) mass is 358 g/mol. The summed E-state index contributed by atoms with van der Waals surface area (Å²) in [7, 11) is 0. The molecule has 0 unspecified atom stereocenters. The number of carbonyl (C=O) groups is 2. The number of benzene rings is 1. The molecule has 132 valence electrons. The van der Waals surface area contributed by atoms with E-state index in [0.29, 0.717) is 11.2 Å². The fourth-order valence-corrected chi connectivity index (χ4v) is 3.69. The normalized spacial score (nSPS) is 20.1. The van der Waals surface area contributed by atoms with Crippen LogP contribution in [0.15, 0.2) is 29.6 Å². The number of aromatic nitrogens is 1. The zero-order valence-electron chi connectivity index (χ0n) is 14.3. The third kappa shape index (κ3) is 4.64. The Bertz CT molecular complexity index is 757. The Balaban J connectivity index is 1.63. The van der Waals surface area contributed by atoms with Crippen molar-refractivity contribution in [1.29, 1.82) is 0 Å². The van der Waals surface area contributed by atoms with E-state index in [4.69, 9.17) is 0 Å². The van der Waals surface area contributed by atoms with E-state index in [1.54, 1.807) is 0 Å². The third-order valence-corrected chi connectivity index (χ3v) is 4.99. The minimum Gasteiger partial charge on any atom is -0.326 e. The van der Waals surface area contributed by atoms with Crippen molar-refractivity contribution in [3.05, 3.63) is 29.6 Å². The second kappa shape index (κ2) is 7.76. The average Bonchev–Trinajstić information content (AvgIpc) is 3.03. The number of rotatable bonds is 4. The summed E-state index contributed by atoms with van der Waals surface area (Å²) in [4.78, 5) is 28.0. The molecule has 2 atom stereocenters. The number of thiazole rings is 1. The second-order valence-electron chi connectivity index (χ2n) is 6.36. The number of nitrogens with zero attached hydrogens (tertiary/aromatic N) is 1. The molecule has 25 heavy (non-hydrogen) atoms. The summed E-state index contributed by atoms with van der Waals surface area (Å²) in [5, 5.41) is 11.6. The summed E-state index contributed by atoms with van der Waals surface area (Å²) in [5.74, 6) is -0.00515.